The lowest BCUT2D eigenvalue weighted by Crippen LogP contribution is -2.41. The SMILES string of the molecule is NC1=NS(O)(O)Nc2cccc(OCC3CCCN(C(=O)c4ccnc(-n5cnc6ccccc65)c4)C3)c21. The van der Waals surface area contributed by atoms with Crippen LogP contribution in [-0.4, -0.2) is 60.0 Å². The molecule has 0 radical (unpaired) electrons. The number of carbonyl (C=O) groups is 1. The highest BCUT2D eigenvalue weighted by Gasteiger charge is 2.28. The Morgan fingerprint density at radius 1 is 1.16 bits per heavy atom. The number of likely N-dealkylation sites (tertiary alicyclic amines) is 1. The number of pyridine rings is 1. The van der Waals surface area contributed by atoms with E-state index in [2.05, 4.69) is 19.1 Å². The van der Waals surface area contributed by atoms with Crippen molar-refractivity contribution < 1.29 is 18.6 Å². The second kappa shape index (κ2) is 9.63. The molecule has 1 atom stereocenters. The molecule has 1 amide bonds. The average Bonchev–Trinajstić information content (AvgIpc) is 3.35. The third-order valence-corrected chi connectivity index (χ3v) is 7.67. The van der Waals surface area contributed by atoms with Gasteiger partial charge in [0.2, 0.25) is 0 Å². The van der Waals surface area contributed by atoms with E-state index in [-0.39, 0.29) is 17.7 Å². The van der Waals surface area contributed by atoms with E-state index >= 15 is 0 Å². The van der Waals surface area contributed by atoms with E-state index in [1.807, 2.05) is 33.7 Å². The molecule has 4 heterocycles. The molecule has 0 aliphatic carbocycles. The smallest absolute Gasteiger partial charge is 0.254 e. The molecule has 0 spiro atoms. The van der Waals surface area contributed by atoms with Crippen molar-refractivity contribution in [2.75, 3.05) is 24.4 Å². The highest BCUT2D eigenvalue weighted by Crippen LogP contribution is 2.46. The first-order valence-electron chi connectivity index (χ1n) is 12.2. The molecular weight excluding hydrogens is 506 g/mol. The second-order valence-corrected chi connectivity index (χ2v) is 10.8. The van der Waals surface area contributed by atoms with Gasteiger partial charge in [0.05, 0.1) is 28.9 Å². The van der Waals surface area contributed by atoms with Crippen molar-refractivity contribution in [2.45, 2.75) is 12.8 Å². The predicted octanol–water partition coefficient (Wildman–Crippen LogP) is 4.06. The number of hydrogen-bond acceptors (Lipinski definition) is 9. The molecule has 5 N–H and O–H groups in total. The highest BCUT2D eigenvalue weighted by molar-refractivity contribution is 8.24. The molecule has 1 fully saturated rings. The summed E-state index contributed by atoms with van der Waals surface area (Å²) < 4.78 is 34.1. The fraction of sp³-hybridized carbons (Fsp3) is 0.231. The molecule has 6 rings (SSSR count). The summed E-state index contributed by atoms with van der Waals surface area (Å²) in [4.78, 5) is 24.2. The van der Waals surface area contributed by atoms with Crippen LogP contribution in [0.5, 0.6) is 5.75 Å². The van der Waals surface area contributed by atoms with Gasteiger partial charge in [-0.1, -0.05) is 18.2 Å². The van der Waals surface area contributed by atoms with Crippen LogP contribution in [-0.2, 0) is 0 Å². The zero-order valence-electron chi connectivity index (χ0n) is 20.4. The number of benzene rings is 2. The number of hydrogen-bond donors (Lipinski definition) is 4. The number of carbonyl (C=O) groups excluding carboxylic acids is 1. The summed E-state index contributed by atoms with van der Waals surface area (Å²) in [5.74, 6) is 1.22. The van der Waals surface area contributed by atoms with E-state index < -0.39 is 11.0 Å². The van der Waals surface area contributed by atoms with E-state index in [1.54, 1.807) is 42.9 Å². The number of piperidine rings is 1. The van der Waals surface area contributed by atoms with Crippen LogP contribution in [0.15, 0.2) is 71.5 Å². The van der Waals surface area contributed by atoms with Crippen molar-refractivity contribution in [3.05, 3.63) is 78.2 Å². The Bertz CT molecular complexity index is 1550. The third kappa shape index (κ3) is 4.64. The Balaban J connectivity index is 1.15. The van der Waals surface area contributed by atoms with Gasteiger partial charge < -0.3 is 15.4 Å². The molecule has 12 heteroatoms. The molecule has 0 bridgehead atoms. The molecule has 2 aliphatic heterocycles. The zero-order chi connectivity index (χ0) is 26.3. The van der Waals surface area contributed by atoms with Gasteiger partial charge in [-0.05, 0) is 60.2 Å². The number of ether oxygens (including phenoxy) is 1. The van der Waals surface area contributed by atoms with Crippen LogP contribution in [0.4, 0.5) is 5.69 Å². The molecule has 1 unspecified atom stereocenters. The molecule has 1 saturated heterocycles. The minimum atomic E-state index is -3.37. The van der Waals surface area contributed by atoms with E-state index in [0.717, 1.165) is 23.9 Å². The molecule has 196 valence electrons. The van der Waals surface area contributed by atoms with Crippen LogP contribution in [0.3, 0.4) is 0 Å². The second-order valence-electron chi connectivity index (χ2n) is 9.35. The number of nitrogens with one attached hydrogen (secondary N) is 1. The zero-order valence-corrected chi connectivity index (χ0v) is 21.2. The summed E-state index contributed by atoms with van der Waals surface area (Å²) in [6, 6.07) is 16.5. The molecule has 2 aromatic heterocycles. The van der Waals surface area contributed by atoms with E-state index in [1.165, 1.54) is 0 Å². The summed E-state index contributed by atoms with van der Waals surface area (Å²) in [6.45, 7) is 1.61. The predicted molar refractivity (Wildman–Crippen MR) is 147 cm³/mol. The van der Waals surface area contributed by atoms with Gasteiger partial charge in [-0.15, -0.1) is 4.40 Å². The van der Waals surface area contributed by atoms with Crippen LogP contribution in [0.1, 0.15) is 28.8 Å². The van der Waals surface area contributed by atoms with Gasteiger partial charge in [-0.25, -0.2) is 9.97 Å². The Labute approximate surface area is 220 Å². The fourth-order valence-corrected chi connectivity index (χ4v) is 5.83. The van der Waals surface area contributed by atoms with Gasteiger partial charge in [0, 0.05) is 30.8 Å². The first-order chi connectivity index (χ1) is 18.4. The van der Waals surface area contributed by atoms with Crippen molar-refractivity contribution in [2.24, 2.45) is 16.0 Å². The van der Waals surface area contributed by atoms with Crippen LogP contribution in [0, 0.1) is 5.92 Å². The molecule has 0 saturated carbocycles. The quantitative estimate of drug-likeness (QED) is 0.300. The van der Waals surface area contributed by atoms with Crippen molar-refractivity contribution in [1.82, 2.24) is 19.4 Å². The van der Waals surface area contributed by atoms with Gasteiger partial charge in [0.25, 0.3) is 5.91 Å². The maximum atomic E-state index is 13.4. The molecule has 4 aromatic rings. The monoisotopic (exact) mass is 533 g/mol. The summed E-state index contributed by atoms with van der Waals surface area (Å²) in [5.41, 5.74) is 9.31. The number of rotatable bonds is 5. The molecular formula is C26H27N7O4S. The van der Waals surface area contributed by atoms with Crippen molar-refractivity contribution in [3.8, 4) is 11.6 Å². The van der Waals surface area contributed by atoms with Crippen LogP contribution < -0.4 is 15.2 Å². The summed E-state index contributed by atoms with van der Waals surface area (Å²) in [7, 11) is -3.37. The van der Waals surface area contributed by atoms with Gasteiger partial charge in [0.1, 0.15) is 17.9 Å². The summed E-state index contributed by atoms with van der Waals surface area (Å²) in [6.07, 6.45) is 5.15. The number of fused-ring (bicyclic) bond motifs is 2. The minimum absolute atomic E-state index is 0.00830. The standard InChI is InChI=1S/C26H27N7O4S/c27-25-24-20(30-38(35,36)31-25)7-3-9-22(24)37-15-17-5-4-12-32(14-17)26(34)18-10-11-28-23(13-18)33-16-29-19-6-1-2-8-21(19)33/h1-3,6-11,13,16-17,30,35-36H,4-5,12,14-15H2,(H2,27,31). The average molecular weight is 534 g/mol. The van der Waals surface area contributed by atoms with Crippen LogP contribution in [0.2, 0.25) is 0 Å². The van der Waals surface area contributed by atoms with Gasteiger partial charge in [-0.3, -0.25) is 23.2 Å². The summed E-state index contributed by atoms with van der Waals surface area (Å²) >= 11 is 0. The van der Waals surface area contributed by atoms with E-state index in [0.29, 0.717) is 48.1 Å². The van der Waals surface area contributed by atoms with Crippen molar-refractivity contribution in [1.29, 1.82) is 0 Å². The maximum Gasteiger partial charge on any atom is 0.254 e. The Hall–Kier alpha value is -4.13. The van der Waals surface area contributed by atoms with Gasteiger partial charge in [0.15, 0.2) is 5.84 Å². The number of imidazole rings is 1. The maximum absolute atomic E-state index is 13.4. The first-order valence-corrected chi connectivity index (χ1v) is 13.7. The largest absolute Gasteiger partial charge is 0.492 e. The number of amides is 1. The third-order valence-electron chi connectivity index (χ3n) is 6.73. The number of amidine groups is 1. The topological polar surface area (TPSA) is 151 Å². The van der Waals surface area contributed by atoms with E-state index in [9.17, 15) is 13.9 Å². The molecule has 38 heavy (non-hydrogen) atoms. The Kier molecular flexibility index (Phi) is 6.14. The number of aromatic nitrogens is 3. The van der Waals surface area contributed by atoms with Gasteiger partial charge >= 0.3 is 0 Å². The number of para-hydroxylation sites is 2. The minimum Gasteiger partial charge on any atom is -0.492 e. The summed E-state index contributed by atoms with van der Waals surface area (Å²) in [5, 5.41) is 0. The Morgan fingerprint density at radius 2 is 2.03 bits per heavy atom. The van der Waals surface area contributed by atoms with Crippen molar-refractivity contribution in [3.63, 3.8) is 0 Å². The highest BCUT2D eigenvalue weighted by atomic mass is 32.3. The number of nitrogens with zero attached hydrogens (tertiary/aromatic N) is 5. The van der Waals surface area contributed by atoms with Crippen LogP contribution in [0.25, 0.3) is 16.9 Å². The number of anilines is 1. The number of nitrogens with two attached hydrogens (primary N) is 1. The normalized spacial score (nSPS) is 19.3. The van der Waals surface area contributed by atoms with Crippen LogP contribution >= 0.6 is 11.0 Å². The molecule has 11 nitrogen and oxygen atoms in total. The van der Waals surface area contributed by atoms with Gasteiger partial charge in [-0.2, -0.15) is 0 Å². The first kappa shape index (κ1) is 24.2. The van der Waals surface area contributed by atoms with E-state index in [4.69, 9.17) is 10.5 Å². The Morgan fingerprint density at radius 3 is 2.92 bits per heavy atom. The lowest BCUT2D eigenvalue weighted by atomic mass is 9.98. The molecule has 2 aromatic carbocycles. The fourth-order valence-electron chi connectivity index (χ4n) is 4.95. The molecule has 2 aliphatic rings. The van der Waals surface area contributed by atoms with Crippen molar-refractivity contribution >= 4 is 39.4 Å². The lowest BCUT2D eigenvalue weighted by Gasteiger charge is -2.34. The lowest BCUT2D eigenvalue weighted by molar-refractivity contribution is 0.0633.